The molecule has 2 aliphatic carbocycles. The summed E-state index contributed by atoms with van der Waals surface area (Å²) in [5, 5.41) is 0. The van der Waals surface area contributed by atoms with E-state index in [1.54, 1.807) is 22.3 Å². The molecule has 0 N–H and O–H groups in total. The first-order valence-corrected chi connectivity index (χ1v) is 14.1. The van der Waals surface area contributed by atoms with Gasteiger partial charge in [0.2, 0.25) is 0 Å². The fourth-order valence-corrected chi connectivity index (χ4v) is 11.8. The molecule has 0 aromatic heterocycles. The maximum absolute atomic E-state index is 2.58. The van der Waals surface area contributed by atoms with Gasteiger partial charge < -0.3 is 0 Å². The van der Waals surface area contributed by atoms with E-state index in [9.17, 15) is 0 Å². The van der Waals surface area contributed by atoms with E-state index in [0.29, 0.717) is 10.8 Å². The summed E-state index contributed by atoms with van der Waals surface area (Å²) < 4.78 is 3.66. The zero-order valence-electron chi connectivity index (χ0n) is 19.8. The Hall–Kier alpha value is -0.417. The molecule has 0 saturated heterocycles. The maximum atomic E-state index is 2.58. The Morgan fingerprint density at radius 3 is 1.37 bits per heavy atom. The Kier molecular flexibility index (Phi) is 7.22. The van der Waals surface area contributed by atoms with Gasteiger partial charge in [-0.3, -0.25) is 0 Å². The molecule has 0 bridgehead atoms. The van der Waals surface area contributed by atoms with Crippen LogP contribution in [0.5, 0.6) is 0 Å². The Morgan fingerprint density at radius 2 is 1.07 bits per heavy atom. The van der Waals surface area contributed by atoms with E-state index in [1.165, 1.54) is 25.7 Å². The fourth-order valence-electron chi connectivity index (χ4n) is 5.76. The quantitative estimate of drug-likeness (QED) is 0.346. The van der Waals surface area contributed by atoms with Gasteiger partial charge in [-0.2, -0.15) is 0 Å². The zero-order chi connectivity index (χ0) is 20.6. The number of allylic oxidation sites excluding steroid dienone is 8. The average Bonchev–Trinajstić information content (AvgIpc) is 3.02. The van der Waals surface area contributed by atoms with Gasteiger partial charge in [0.05, 0.1) is 0 Å². The Balaban J connectivity index is 2.31. The third kappa shape index (κ3) is 5.35. The van der Waals surface area contributed by atoms with Crippen molar-refractivity contribution in [3.05, 3.63) is 42.8 Å². The molecule has 0 aromatic carbocycles. The first kappa shape index (κ1) is 22.9. The van der Waals surface area contributed by atoms with E-state index in [0.717, 1.165) is 11.8 Å². The van der Waals surface area contributed by atoms with Crippen molar-refractivity contribution in [1.29, 1.82) is 0 Å². The van der Waals surface area contributed by atoms with Crippen LogP contribution in [0.4, 0.5) is 0 Å². The van der Waals surface area contributed by atoms with Crippen LogP contribution in [0.1, 0.15) is 94.9 Å². The van der Waals surface area contributed by atoms with Gasteiger partial charge in [0.1, 0.15) is 0 Å². The van der Waals surface area contributed by atoms with Gasteiger partial charge in [0, 0.05) is 0 Å². The van der Waals surface area contributed by atoms with Crippen molar-refractivity contribution in [2.24, 2.45) is 22.7 Å². The van der Waals surface area contributed by atoms with Crippen molar-refractivity contribution < 1.29 is 17.1 Å². The van der Waals surface area contributed by atoms with Gasteiger partial charge in [-0.05, 0) is 0 Å². The van der Waals surface area contributed by atoms with E-state index < -0.39 is 17.1 Å². The summed E-state index contributed by atoms with van der Waals surface area (Å²) in [5.41, 5.74) is 7.40. The van der Waals surface area contributed by atoms with E-state index >= 15 is 0 Å². The monoisotopic (exact) mass is 418 g/mol. The topological polar surface area (TPSA) is 0 Å². The van der Waals surface area contributed by atoms with Crippen LogP contribution in [0.2, 0.25) is 0 Å². The van der Waals surface area contributed by atoms with E-state index in [4.69, 9.17) is 0 Å². The first-order valence-electron chi connectivity index (χ1n) is 11.1. The Labute approximate surface area is 177 Å². The molecule has 0 nitrogen and oxygen atoms in total. The second kappa shape index (κ2) is 8.53. The molecule has 0 atom stereocenters. The van der Waals surface area contributed by atoms with Crippen LogP contribution < -0.4 is 0 Å². The van der Waals surface area contributed by atoms with Crippen molar-refractivity contribution in [2.75, 3.05) is 0 Å². The van der Waals surface area contributed by atoms with Gasteiger partial charge in [-0.25, -0.2) is 0 Å². The summed E-state index contributed by atoms with van der Waals surface area (Å²) in [6, 6.07) is 0. The van der Waals surface area contributed by atoms with Crippen molar-refractivity contribution in [1.82, 2.24) is 0 Å². The van der Waals surface area contributed by atoms with Crippen LogP contribution >= 0.6 is 0 Å². The van der Waals surface area contributed by atoms with Gasteiger partial charge in [-0.15, -0.1) is 0 Å². The van der Waals surface area contributed by atoms with Crippen molar-refractivity contribution in [3.63, 3.8) is 0 Å². The van der Waals surface area contributed by atoms with Crippen LogP contribution in [0.25, 0.3) is 0 Å². The standard InChI is InChI=1S/2C13H21.Zn/c2*1-10(2)9-13(4,5)12-7-6-11(3)8-12;/h2*7,10H,6,9H2,1-5H3;. The molecule has 0 heterocycles. The predicted octanol–water partition coefficient (Wildman–Crippen LogP) is 8.42. The molecule has 2 aliphatic rings. The molecular formula is C26H42Zn. The van der Waals surface area contributed by atoms with Gasteiger partial charge in [0.15, 0.2) is 0 Å². The third-order valence-electron chi connectivity index (χ3n) is 6.55. The molecule has 0 spiro atoms. The van der Waals surface area contributed by atoms with Crippen LogP contribution in [0, 0.1) is 22.7 Å². The molecule has 148 valence electrons. The first-order chi connectivity index (χ1) is 12.3. The molecule has 27 heavy (non-hydrogen) atoms. The molecule has 0 aromatic rings. The third-order valence-corrected chi connectivity index (χ3v) is 12.2. The second-order valence-electron chi connectivity index (χ2n) is 11.3. The van der Waals surface area contributed by atoms with Crippen LogP contribution in [-0.2, 0) is 17.1 Å². The fraction of sp³-hybridized carbons (Fsp3) is 0.692. The van der Waals surface area contributed by atoms with E-state index in [2.05, 4.69) is 81.4 Å². The van der Waals surface area contributed by atoms with E-state index in [1.807, 2.05) is 8.33 Å². The number of hydrogen-bond acceptors (Lipinski definition) is 0. The average molecular weight is 420 g/mol. The second-order valence-corrected chi connectivity index (χ2v) is 15.0. The van der Waals surface area contributed by atoms with Crippen LogP contribution in [-0.4, -0.2) is 0 Å². The summed E-state index contributed by atoms with van der Waals surface area (Å²) in [5.74, 6) is 1.51. The van der Waals surface area contributed by atoms with Crippen molar-refractivity contribution in [3.8, 4) is 0 Å². The summed E-state index contributed by atoms with van der Waals surface area (Å²) in [6.45, 7) is 24.2. The molecule has 2 rings (SSSR count). The summed E-state index contributed by atoms with van der Waals surface area (Å²) in [7, 11) is 0. The molecular weight excluding hydrogens is 378 g/mol. The summed E-state index contributed by atoms with van der Waals surface area (Å²) in [6.07, 6.45) is 10.1. The summed E-state index contributed by atoms with van der Waals surface area (Å²) >= 11 is -0.979. The van der Waals surface area contributed by atoms with Crippen LogP contribution in [0.15, 0.2) is 42.8 Å². The van der Waals surface area contributed by atoms with Gasteiger partial charge in [0.25, 0.3) is 0 Å². The van der Waals surface area contributed by atoms with E-state index in [-0.39, 0.29) is 0 Å². The minimum atomic E-state index is -0.979. The van der Waals surface area contributed by atoms with Crippen molar-refractivity contribution in [2.45, 2.75) is 94.9 Å². The number of hydrogen-bond donors (Lipinski definition) is 0. The van der Waals surface area contributed by atoms with Crippen LogP contribution in [0.3, 0.4) is 0 Å². The van der Waals surface area contributed by atoms with Gasteiger partial charge in [-0.1, -0.05) is 0 Å². The molecule has 0 amide bonds. The minimum absolute atomic E-state index is 0.316. The Morgan fingerprint density at radius 1 is 0.741 bits per heavy atom. The Bertz CT molecular complexity index is 630. The predicted molar refractivity (Wildman–Crippen MR) is 117 cm³/mol. The molecule has 0 fully saturated rings. The molecule has 0 radical (unpaired) electrons. The molecule has 0 saturated carbocycles. The van der Waals surface area contributed by atoms with Crippen molar-refractivity contribution >= 4 is 0 Å². The molecule has 0 unspecified atom stereocenters. The van der Waals surface area contributed by atoms with Gasteiger partial charge >= 0.3 is 177 Å². The number of rotatable bonds is 8. The summed E-state index contributed by atoms with van der Waals surface area (Å²) in [4.78, 5) is 0. The molecule has 0 aliphatic heterocycles. The normalized spacial score (nSPS) is 18.7. The SMILES string of the molecule is CC1=[C]([Zn][C]2=C(C)CC=C2C(C)(C)CC(C)C)C(C(C)(C)CC(C)C)=CC1. The molecule has 1 heteroatoms. The zero-order valence-corrected chi connectivity index (χ0v) is 22.8.